The van der Waals surface area contributed by atoms with Gasteiger partial charge in [0.1, 0.15) is 0 Å². The van der Waals surface area contributed by atoms with Gasteiger partial charge in [0.25, 0.3) is 5.91 Å². The maximum Gasteiger partial charge on any atom is 0.251 e. The van der Waals surface area contributed by atoms with E-state index in [2.05, 4.69) is 17.6 Å². The van der Waals surface area contributed by atoms with Crippen molar-refractivity contribution in [2.24, 2.45) is 5.92 Å². The summed E-state index contributed by atoms with van der Waals surface area (Å²) in [4.78, 5) is 12.3. The van der Waals surface area contributed by atoms with Crippen molar-refractivity contribution in [2.75, 3.05) is 12.4 Å². The Morgan fingerprint density at radius 2 is 2.00 bits per heavy atom. The number of carbonyl (C=O) groups is 1. The summed E-state index contributed by atoms with van der Waals surface area (Å²) in [6.07, 6.45) is 4.86. The molecule has 19 heavy (non-hydrogen) atoms. The van der Waals surface area contributed by atoms with Crippen molar-refractivity contribution < 1.29 is 4.79 Å². The first-order chi connectivity index (χ1) is 9.11. The molecule has 1 aromatic rings. The first kappa shape index (κ1) is 13.9. The van der Waals surface area contributed by atoms with Gasteiger partial charge in [0.15, 0.2) is 0 Å². The Bertz CT molecular complexity index is 456. The fourth-order valence-corrected chi connectivity index (χ4v) is 2.87. The largest absolute Gasteiger partial charge is 0.388 e. The first-order valence-electron chi connectivity index (χ1n) is 7.21. The average Bonchev–Trinajstić information content (AvgIpc) is 2.41. The van der Waals surface area contributed by atoms with E-state index in [1.165, 1.54) is 19.3 Å². The van der Waals surface area contributed by atoms with Gasteiger partial charge in [-0.1, -0.05) is 19.8 Å². The summed E-state index contributed by atoms with van der Waals surface area (Å²) >= 11 is 0. The molecule has 0 saturated heterocycles. The van der Waals surface area contributed by atoms with E-state index >= 15 is 0 Å². The molecule has 2 atom stereocenters. The van der Waals surface area contributed by atoms with Gasteiger partial charge in [-0.15, -0.1) is 0 Å². The number of hydrogen-bond donors (Lipinski definition) is 2. The van der Waals surface area contributed by atoms with Crippen LogP contribution in [0.1, 0.15) is 48.5 Å². The van der Waals surface area contributed by atoms with Crippen molar-refractivity contribution in [3.63, 3.8) is 0 Å². The van der Waals surface area contributed by atoms with E-state index in [1.807, 2.05) is 32.2 Å². The number of carbonyl (C=O) groups excluding carboxylic acids is 1. The van der Waals surface area contributed by atoms with Gasteiger partial charge in [0, 0.05) is 24.3 Å². The zero-order valence-electron chi connectivity index (χ0n) is 12.1. The van der Waals surface area contributed by atoms with Crippen LogP contribution in [-0.2, 0) is 0 Å². The molecule has 3 nitrogen and oxygen atoms in total. The molecular weight excluding hydrogens is 236 g/mol. The van der Waals surface area contributed by atoms with Crippen molar-refractivity contribution in [2.45, 2.75) is 45.6 Å². The molecule has 2 rings (SSSR count). The Hall–Kier alpha value is -1.51. The quantitative estimate of drug-likeness (QED) is 0.875. The minimum Gasteiger partial charge on any atom is -0.388 e. The van der Waals surface area contributed by atoms with Crippen LogP contribution in [0.3, 0.4) is 0 Å². The van der Waals surface area contributed by atoms with Gasteiger partial charge in [-0.2, -0.15) is 0 Å². The molecule has 1 aromatic carbocycles. The fraction of sp³-hybridized carbons (Fsp3) is 0.562. The normalized spacial score (nSPS) is 22.9. The highest BCUT2D eigenvalue weighted by Crippen LogP contribution is 2.24. The predicted molar refractivity (Wildman–Crippen MR) is 79.6 cm³/mol. The summed E-state index contributed by atoms with van der Waals surface area (Å²) in [6, 6.07) is 6.15. The molecular formula is C16H24N2O. The predicted octanol–water partition coefficient (Wildman–Crippen LogP) is 3.35. The van der Waals surface area contributed by atoms with Crippen LogP contribution < -0.4 is 10.6 Å². The van der Waals surface area contributed by atoms with Crippen molar-refractivity contribution >= 4 is 11.6 Å². The topological polar surface area (TPSA) is 41.1 Å². The van der Waals surface area contributed by atoms with E-state index in [1.54, 1.807) is 0 Å². The van der Waals surface area contributed by atoms with E-state index in [4.69, 9.17) is 0 Å². The van der Waals surface area contributed by atoms with E-state index in [-0.39, 0.29) is 5.91 Å². The van der Waals surface area contributed by atoms with Gasteiger partial charge in [-0.05, 0) is 49.4 Å². The molecule has 0 bridgehead atoms. The second-order valence-electron chi connectivity index (χ2n) is 5.62. The molecule has 2 unspecified atom stereocenters. The van der Waals surface area contributed by atoms with E-state index in [0.29, 0.717) is 12.0 Å². The van der Waals surface area contributed by atoms with Gasteiger partial charge in [-0.3, -0.25) is 4.79 Å². The summed E-state index contributed by atoms with van der Waals surface area (Å²) in [6.45, 7) is 4.26. The van der Waals surface area contributed by atoms with Crippen LogP contribution in [-0.4, -0.2) is 19.0 Å². The van der Waals surface area contributed by atoms with Crippen molar-refractivity contribution in [3.8, 4) is 0 Å². The molecule has 3 heteroatoms. The molecule has 1 saturated carbocycles. The summed E-state index contributed by atoms with van der Waals surface area (Å²) in [5.74, 6) is 0.653. The standard InChI is InChI=1S/C16H24N2O/c1-11-6-4-5-7-15(11)18-16(19)13-8-9-14(17-3)12(2)10-13/h8-11,15,17H,4-7H2,1-3H3,(H,18,19). The SMILES string of the molecule is CNc1ccc(C(=O)NC2CCCCC2C)cc1C. The third-order valence-corrected chi connectivity index (χ3v) is 4.19. The smallest absolute Gasteiger partial charge is 0.251 e. The Kier molecular flexibility index (Phi) is 4.46. The number of rotatable bonds is 3. The summed E-state index contributed by atoms with van der Waals surface area (Å²) in [5, 5.41) is 6.31. The van der Waals surface area contributed by atoms with Crippen LogP contribution in [0.15, 0.2) is 18.2 Å². The molecule has 1 aliphatic carbocycles. The van der Waals surface area contributed by atoms with Gasteiger partial charge in [0.05, 0.1) is 0 Å². The maximum atomic E-state index is 12.3. The van der Waals surface area contributed by atoms with Crippen LogP contribution in [0, 0.1) is 12.8 Å². The maximum absolute atomic E-state index is 12.3. The van der Waals surface area contributed by atoms with Gasteiger partial charge >= 0.3 is 0 Å². The Labute approximate surface area is 115 Å². The summed E-state index contributed by atoms with van der Waals surface area (Å²) in [5.41, 5.74) is 2.93. The van der Waals surface area contributed by atoms with Crippen LogP contribution in [0.5, 0.6) is 0 Å². The summed E-state index contributed by atoms with van der Waals surface area (Å²) in [7, 11) is 1.89. The number of hydrogen-bond acceptors (Lipinski definition) is 2. The molecule has 1 amide bonds. The number of nitrogens with one attached hydrogen (secondary N) is 2. The van der Waals surface area contributed by atoms with Crippen LogP contribution in [0.2, 0.25) is 0 Å². The Morgan fingerprint density at radius 3 is 2.63 bits per heavy atom. The fourth-order valence-electron chi connectivity index (χ4n) is 2.87. The molecule has 1 fully saturated rings. The zero-order valence-corrected chi connectivity index (χ0v) is 12.1. The van der Waals surface area contributed by atoms with Crippen molar-refractivity contribution in [3.05, 3.63) is 29.3 Å². The molecule has 104 valence electrons. The first-order valence-corrected chi connectivity index (χ1v) is 7.21. The lowest BCUT2D eigenvalue weighted by molar-refractivity contribution is 0.0910. The molecule has 1 aliphatic rings. The lowest BCUT2D eigenvalue weighted by atomic mass is 9.86. The average molecular weight is 260 g/mol. The Morgan fingerprint density at radius 1 is 1.26 bits per heavy atom. The van der Waals surface area contributed by atoms with Gasteiger partial charge < -0.3 is 10.6 Å². The lowest BCUT2D eigenvalue weighted by Crippen LogP contribution is -2.41. The molecule has 0 radical (unpaired) electrons. The van der Waals surface area contributed by atoms with Crippen molar-refractivity contribution in [1.29, 1.82) is 0 Å². The molecule has 0 spiro atoms. The van der Waals surface area contributed by atoms with E-state index in [0.717, 1.165) is 23.2 Å². The number of benzene rings is 1. The van der Waals surface area contributed by atoms with E-state index in [9.17, 15) is 4.79 Å². The molecule has 0 heterocycles. The number of anilines is 1. The van der Waals surface area contributed by atoms with Crippen LogP contribution in [0.4, 0.5) is 5.69 Å². The lowest BCUT2D eigenvalue weighted by Gasteiger charge is -2.29. The summed E-state index contributed by atoms with van der Waals surface area (Å²) < 4.78 is 0. The minimum absolute atomic E-state index is 0.0597. The second kappa shape index (κ2) is 6.09. The highest BCUT2D eigenvalue weighted by molar-refractivity contribution is 5.95. The second-order valence-corrected chi connectivity index (χ2v) is 5.62. The molecule has 0 aliphatic heterocycles. The highest BCUT2D eigenvalue weighted by atomic mass is 16.1. The van der Waals surface area contributed by atoms with E-state index < -0.39 is 0 Å². The molecule has 2 N–H and O–H groups in total. The third kappa shape index (κ3) is 3.28. The van der Waals surface area contributed by atoms with Crippen LogP contribution in [0.25, 0.3) is 0 Å². The molecule has 0 aromatic heterocycles. The third-order valence-electron chi connectivity index (χ3n) is 4.19. The number of aryl methyl sites for hydroxylation is 1. The Balaban J connectivity index is 2.05. The van der Waals surface area contributed by atoms with Gasteiger partial charge in [0.2, 0.25) is 0 Å². The monoisotopic (exact) mass is 260 g/mol. The number of amides is 1. The zero-order chi connectivity index (χ0) is 13.8. The van der Waals surface area contributed by atoms with Crippen molar-refractivity contribution in [1.82, 2.24) is 5.32 Å². The highest BCUT2D eigenvalue weighted by Gasteiger charge is 2.23. The van der Waals surface area contributed by atoms with Crippen LogP contribution >= 0.6 is 0 Å². The van der Waals surface area contributed by atoms with Gasteiger partial charge in [-0.25, -0.2) is 0 Å². The minimum atomic E-state index is 0.0597.